The number of thioether (sulfide) groups is 1. The Hall–Kier alpha value is -0.540. The molecule has 3 heteroatoms. The lowest BCUT2D eigenvalue weighted by Gasteiger charge is -2.09. The Morgan fingerprint density at radius 3 is 2.73 bits per heavy atom. The molecule has 2 nitrogen and oxygen atoms in total. The van der Waals surface area contributed by atoms with Gasteiger partial charge >= 0.3 is 0 Å². The molecule has 1 atom stereocenters. The first-order valence-electron chi connectivity index (χ1n) is 5.37. The van der Waals surface area contributed by atoms with Crippen LogP contribution in [0.3, 0.4) is 0 Å². The summed E-state index contributed by atoms with van der Waals surface area (Å²) >= 11 is 1.84. The topological polar surface area (TPSA) is 24.9 Å². The first-order chi connectivity index (χ1) is 7.11. The zero-order valence-corrected chi connectivity index (χ0v) is 10.8. The van der Waals surface area contributed by atoms with E-state index in [2.05, 4.69) is 36.3 Å². The second kappa shape index (κ2) is 6.13. The van der Waals surface area contributed by atoms with Crippen LogP contribution < -0.4 is 5.32 Å². The van der Waals surface area contributed by atoms with Gasteiger partial charge in [0.15, 0.2) is 0 Å². The molecule has 0 aliphatic carbocycles. The highest BCUT2D eigenvalue weighted by molar-refractivity contribution is 7.99. The molecular weight excluding hydrogens is 204 g/mol. The first-order valence-corrected chi connectivity index (χ1v) is 6.35. The third-order valence-corrected chi connectivity index (χ3v) is 3.31. The van der Waals surface area contributed by atoms with Crippen LogP contribution in [0.25, 0.3) is 0 Å². The molecule has 0 aromatic carbocycles. The van der Waals surface area contributed by atoms with Gasteiger partial charge in [-0.1, -0.05) is 0 Å². The fourth-order valence-corrected chi connectivity index (χ4v) is 2.52. The van der Waals surface area contributed by atoms with Crippen molar-refractivity contribution in [2.45, 2.75) is 38.3 Å². The largest absolute Gasteiger partial charge is 0.317 e. The molecule has 0 radical (unpaired) electrons. The van der Waals surface area contributed by atoms with Crippen LogP contribution in [-0.4, -0.2) is 23.8 Å². The fraction of sp³-hybridized carbons (Fsp3) is 0.583. The van der Waals surface area contributed by atoms with Gasteiger partial charge in [-0.3, -0.25) is 0 Å². The molecular formula is C12H20N2S. The number of aryl methyl sites for hydroxylation is 2. The maximum Gasteiger partial charge on any atom is 0.0965 e. The molecule has 0 saturated heterocycles. The summed E-state index contributed by atoms with van der Waals surface area (Å²) in [7, 11) is 2.00. The van der Waals surface area contributed by atoms with Crippen molar-refractivity contribution in [3.63, 3.8) is 0 Å². The summed E-state index contributed by atoms with van der Waals surface area (Å²) in [6.45, 7) is 6.37. The molecule has 1 unspecified atom stereocenters. The van der Waals surface area contributed by atoms with Gasteiger partial charge in [0.05, 0.1) is 5.03 Å². The minimum atomic E-state index is 0.586. The summed E-state index contributed by atoms with van der Waals surface area (Å²) in [6, 6.07) is 4.85. The molecule has 0 fully saturated rings. The Bertz CT molecular complexity index is 292. The monoisotopic (exact) mass is 224 g/mol. The van der Waals surface area contributed by atoms with Crippen LogP contribution in [0.15, 0.2) is 17.2 Å². The lowest BCUT2D eigenvalue weighted by molar-refractivity contribution is 0.597. The van der Waals surface area contributed by atoms with Crippen molar-refractivity contribution in [1.29, 1.82) is 0 Å². The van der Waals surface area contributed by atoms with Crippen LogP contribution in [0, 0.1) is 13.8 Å². The van der Waals surface area contributed by atoms with Gasteiger partial charge in [-0.25, -0.2) is 4.98 Å². The number of pyridine rings is 1. The summed E-state index contributed by atoms with van der Waals surface area (Å²) in [5, 5.41) is 4.39. The molecule has 0 amide bonds. The third kappa shape index (κ3) is 4.67. The van der Waals surface area contributed by atoms with Gasteiger partial charge in [0.1, 0.15) is 0 Å². The van der Waals surface area contributed by atoms with Gasteiger partial charge in [-0.2, -0.15) is 0 Å². The van der Waals surface area contributed by atoms with E-state index in [1.807, 2.05) is 25.7 Å². The van der Waals surface area contributed by atoms with Crippen LogP contribution in [0.4, 0.5) is 0 Å². The summed E-state index contributed by atoms with van der Waals surface area (Å²) in [6.07, 6.45) is 1.18. The van der Waals surface area contributed by atoms with Gasteiger partial charge in [0.25, 0.3) is 0 Å². The smallest absolute Gasteiger partial charge is 0.0965 e. The average molecular weight is 224 g/mol. The zero-order valence-electron chi connectivity index (χ0n) is 10.0. The van der Waals surface area contributed by atoms with E-state index in [0.717, 1.165) is 16.5 Å². The highest BCUT2D eigenvalue weighted by atomic mass is 32.2. The molecule has 15 heavy (non-hydrogen) atoms. The van der Waals surface area contributed by atoms with E-state index in [4.69, 9.17) is 0 Å². The van der Waals surface area contributed by atoms with Crippen molar-refractivity contribution in [3.8, 4) is 0 Å². The van der Waals surface area contributed by atoms with E-state index in [0.29, 0.717) is 6.04 Å². The number of hydrogen-bond donors (Lipinski definition) is 1. The molecule has 1 aromatic heterocycles. The first kappa shape index (κ1) is 12.5. The average Bonchev–Trinajstić information content (AvgIpc) is 2.16. The quantitative estimate of drug-likeness (QED) is 0.779. The Labute approximate surface area is 96.9 Å². The summed E-state index contributed by atoms with van der Waals surface area (Å²) < 4.78 is 0. The summed E-state index contributed by atoms with van der Waals surface area (Å²) in [5.41, 5.74) is 2.41. The van der Waals surface area contributed by atoms with Crippen LogP contribution in [0.5, 0.6) is 0 Å². The molecule has 0 saturated carbocycles. The third-order valence-electron chi connectivity index (χ3n) is 2.37. The van der Waals surface area contributed by atoms with Gasteiger partial charge in [0.2, 0.25) is 0 Å². The molecule has 1 rings (SSSR count). The summed E-state index contributed by atoms with van der Waals surface area (Å²) in [5.74, 6) is 1.12. The van der Waals surface area contributed by atoms with E-state index in [1.165, 1.54) is 12.0 Å². The van der Waals surface area contributed by atoms with Gasteiger partial charge in [-0.15, -0.1) is 11.8 Å². The molecule has 1 aromatic rings. The fourth-order valence-electron chi connectivity index (χ4n) is 1.36. The minimum absolute atomic E-state index is 0.586. The molecule has 0 spiro atoms. The van der Waals surface area contributed by atoms with Gasteiger partial charge < -0.3 is 5.32 Å². The van der Waals surface area contributed by atoms with Crippen molar-refractivity contribution in [2.75, 3.05) is 12.8 Å². The number of rotatable bonds is 5. The number of aromatic nitrogens is 1. The highest BCUT2D eigenvalue weighted by Crippen LogP contribution is 2.18. The molecule has 0 aliphatic heterocycles. The number of nitrogens with zero attached hydrogens (tertiary/aromatic N) is 1. The van der Waals surface area contributed by atoms with Crippen LogP contribution >= 0.6 is 11.8 Å². The second-order valence-electron chi connectivity index (χ2n) is 3.95. The van der Waals surface area contributed by atoms with E-state index < -0.39 is 0 Å². The van der Waals surface area contributed by atoms with Gasteiger partial charge in [-0.05, 0) is 51.9 Å². The SMILES string of the molecule is CNC(C)CCSc1cc(C)cc(C)n1. The minimum Gasteiger partial charge on any atom is -0.317 e. The second-order valence-corrected chi connectivity index (χ2v) is 5.07. The number of hydrogen-bond acceptors (Lipinski definition) is 3. The molecule has 1 heterocycles. The van der Waals surface area contributed by atoms with Gasteiger partial charge in [0, 0.05) is 17.5 Å². The van der Waals surface area contributed by atoms with E-state index in [9.17, 15) is 0 Å². The van der Waals surface area contributed by atoms with Crippen molar-refractivity contribution in [2.24, 2.45) is 0 Å². The van der Waals surface area contributed by atoms with Crippen molar-refractivity contribution in [3.05, 3.63) is 23.4 Å². The molecule has 0 bridgehead atoms. The zero-order chi connectivity index (χ0) is 11.3. The Balaban J connectivity index is 2.43. The van der Waals surface area contributed by atoms with Crippen LogP contribution in [0.2, 0.25) is 0 Å². The lowest BCUT2D eigenvalue weighted by atomic mass is 10.3. The van der Waals surface area contributed by atoms with Crippen LogP contribution in [-0.2, 0) is 0 Å². The highest BCUT2D eigenvalue weighted by Gasteiger charge is 2.01. The predicted octanol–water partition coefficient (Wildman–Crippen LogP) is 2.79. The van der Waals surface area contributed by atoms with E-state index in [1.54, 1.807) is 0 Å². The summed E-state index contributed by atoms with van der Waals surface area (Å²) in [4.78, 5) is 4.50. The van der Waals surface area contributed by atoms with E-state index in [-0.39, 0.29) is 0 Å². The Kier molecular flexibility index (Phi) is 5.12. The molecule has 84 valence electrons. The number of nitrogens with one attached hydrogen (secondary N) is 1. The maximum atomic E-state index is 4.50. The maximum absolute atomic E-state index is 4.50. The Morgan fingerprint density at radius 2 is 2.13 bits per heavy atom. The Morgan fingerprint density at radius 1 is 1.40 bits per heavy atom. The van der Waals surface area contributed by atoms with E-state index >= 15 is 0 Å². The van der Waals surface area contributed by atoms with Crippen molar-refractivity contribution < 1.29 is 0 Å². The lowest BCUT2D eigenvalue weighted by Crippen LogP contribution is -2.21. The van der Waals surface area contributed by atoms with Crippen molar-refractivity contribution >= 4 is 11.8 Å². The molecule has 0 aliphatic rings. The standard InChI is InChI=1S/C12H20N2S/c1-9-7-11(3)14-12(8-9)15-6-5-10(2)13-4/h7-8,10,13H,5-6H2,1-4H3. The van der Waals surface area contributed by atoms with Crippen molar-refractivity contribution in [1.82, 2.24) is 10.3 Å². The predicted molar refractivity (Wildman–Crippen MR) is 67.6 cm³/mol. The van der Waals surface area contributed by atoms with Crippen LogP contribution in [0.1, 0.15) is 24.6 Å². The normalized spacial score (nSPS) is 12.8. The molecule has 1 N–H and O–H groups in total.